The van der Waals surface area contributed by atoms with E-state index in [2.05, 4.69) is 31.8 Å². The van der Waals surface area contributed by atoms with E-state index in [0.29, 0.717) is 30.0 Å². The Bertz CT molecular complexity index is 1400. The quantitative estimate of drug-likeness (QED) is 0.340. The van der Waals surface area contributed by atoms with E-state index in [-0.39, 0.29) is 22.9 Å². The number of nitrogens with zero attached hydrogens (tertiary/aromatic N) is 1. The van der Waals surface area contributed by atoms with Gasteiger partial charge in [0.15, 0.2) is 0 Å². The molecule has 1 N–H and O–H groups in total. The molecule has 0 bridgehead atoms. The Morgan fingerprint density at radius 2 is 1.95 bits per heavy atom. The van der Waals surface area contributed by atoms with Gasteiger partial charge in [-0.05, 0) is 77.1 Å². The van der Waals surface area contributed by atoms with Gasteiger partial charge < -0.3 is 19.3 Å². The summed E-state index contributed by atoms with van der Waals surface area (Å²) in [6.45, 7) is 6.57. The Hall–Kier alpha value is -3.45. The molecule has 39 heavy (non-hydrogen) atoms. The molecule has 7 heteroatoms. The van der Waals surface area contributed by atoms with Gasteiger partial charge in [0.05, 0.1) is 25.3 Å². The number of carbonyl (C=O) groups is 1. The minimum absolute atomic E-state index is 0.248. The van der Waals surface area contributed by atoms with Gasteiger partial charge in [-0.2, -0.15) is 0 Å². The molecule has 0 amide bonds. The maximum atomic E-state index is 15.0. The Kier molecular flexibility index (Phi) is 7.14. The van der Waals surface area contributed by atoms with Crippen molar-refractivity contribution in [3.63, 3.8) is 0 Å². The number of hydrogen-bond donors (Lipinski definition) is 1. The topological polar surface area (TPSA) is 77.9 Å². The van der Waals surface area contributed by atoms with Gasteiger partial charge in [0.1, 0.15) is 18.2 Å². The van der Waals surface area contributed by atoms with Crippen LogP contribution in [0.3, 0.4) is 0 Å². The van der Waals surface area contributed by atoms with Crippen LogP contribution in [0, 0.1) is 17.2 Å². The number of benzene rings is 2. The molecule has 1 heterocycles. The molecule has 6 nitrogen and oxygen atoms in total. The van der Waals surface area contributed by atoms with Gasteiger partial charge >= 0.3 is 5.97 Å². The zero-order valence-electron chi connectivity index (χ0n) is 23.2. The molecular weight excluding hydrogens is 497 g/mol. The van der Waals surface area contributed by atoms with Crippen LogP contribution < -0.4 is 9.47 Å². The molecule has 5 rings (SSSR count). The van der Waals surface area contributed by atoms with Gasteiger partial charge in [-0.15, -0.1) is 0 Å². The van der Waals surface area contributed by atoms with Crippen LogP contribution in [-0.4, -0.2) is 30.3 Å². The maximum absolute atomic E-state index is 15.0. The van der Waals surface area contributed by atoms with Crippen LogP contribution >= 0.6 is 0 Å². The molecule has 0 aliphatic heterocycles. The smallest absolute Gasteiger partial charge is 0.307 e. The number of aromatic nitrogens is 1. The highest BCUT2D eigenvalue weighted by molar-refractivity contribution is 5.78. The fourth-order valence-electron chi connectivity index (χ4n) is 6.27. The number of rotatable bonds is 8. The van der Waals surface area contributed by atoms with Crippen molar-refractivity contribution in [2.75, 3.05) is 14.2 Å². The zero-order chi connectivity index (χ0) is 27.9. The van der Waals surface area contributed by atoms with Gasteiger partial charge in [-0.1, -0.05) is 39.0 Å². The second kappa shape index (κ2) is 10.3. The van der Waals surface area contributed by atoms with Crippen LogP contribution in [0.1, 0.15) is 68.4 Å². The van der Waals surface area contributed by atoms with Gasteiger partial charge in [0.25, 0.3) is 0 Å². The summed E-state index contributed by atoms with van der Waals surface area (Å²) in [5.74, 6) is -0.400. The lowest BCUT2D eigenvalue weighted by atomic mass is 9.78. The van der Waals surface area contributed by atoms with Crippen molar-refractivity contribution in [3.8, 4) is 22.8 Å². The third kappa shape index (κ3) is 5.12. The molecule has 0 radical (unpaired) electrons. The number of ether oxygens (including phenoxy) is 3. The van der Waals surface area contributed by atoms with E-state index in [0.717, 1.165) is 41.7 Å². The second-order valence-electron chi connectivity index (χ2n) is 11.8. The maximum Gasteiger partial charge on any atom is 0.307 e. The largest absolute Gasteiger partial charge is 0.489 e. The fourth-order valence-corrected chi connectivity index (χ4v) is 6.27. The predicted octanol–water partition coefficient (Wildman–Crippen LogP) is 6.89. The number of hydrogen-bond acceptors (Lipinski definition) is 5. The highest BCUT2D eigenvalue weighted by atomic mass is 19.1. The predicted molar refractivity (Wildman–Crippen MR) is 147 cm³/mol. The van der Waals surface area contributed by atoms with Crippen LogP contribution in [0.15, 0.2) is 48.7 Å². The third-order valence-electron chi connectivity index (χ3n) is 8.22. The lowest BCUT2D eigenvalue weighted by Crippen LogP contribution is -2.21. The summed E-state index contributed by atoms with van der Waals surface area (Å²) < 4.78 is 32.4. The van der Waals surface area contributed by atoms with E-state index in [4.69, 9.17) is 14.2 Å². The van der Waals surface area contributed by atoms with Crippen molar-refractivity contribution in [2.45, 2.75) is 64.6 Å². The van der Waals surface area contributed by atoms with Gasteiger partial charge in [-0.3, -0.25) is 4.79 Å². The molecule has 2 aliphatic rings. The lowest BCUT2D eigenvalue weighted by Gasteiger charge is -2.32. The number of fused-ring (bicyclic) bond motifs is 2. The highest BCUT2D eigenvalue weighted by Crippen LogP contribution is 2.60. The Labute approximate surface area is 229 Å². The molecule has 2 aromatic carbocycles. The molecule has 2 aliphatic carbocycles. The van der Waals surface area contributed by atoms with Crippen molar-refractivity contribution >= 4 is 5.97 Å². The van der Waals surface area contributed by atoms with E-state index in [1.54, 1.807) is 13.2 Å². The van der Waals surface area contributed by atoms with Crippen LogP contribution in [0.25, 0.3) is 11.1 Å². The van der Waals surface area contributed by atoms with Crippen LogP contribution in [0.5, 0.6) is 11.6 Å². The Morgan fingerprint density at radius 3 is 2.62 bits per heavy atom. The number of carboxylic acid groups (broad SMARTS) is 1. The van der Waals surface area contributed by atoms with Crippen molar-refractivity contribution in [2.24, 2.45) is 11.3 Å². The van der Waals surface area contributed by atoms with Crippen LogP contribution in [0.2, 0.25) is 0 Å². The molecule has 1 aromatic heterocycles. The van der Waals surface area contributed by atoms with Crippen LogP contribution in [-0.2, 0) is 28.0 Å². The van der Waals surface area contributed by atoms with Gasteiger partial charge in [0, 0.05) is 24.2 Å². The van der Waals surface area contributed by atoms with Gasteiger partial charge in [0.2, 0.25) is 5.88 Å². The van der Waals surface area contributed by atoms with Crippen molar-refractivity contribution in [1.29, 1.82) is 0 Å². The van der Waals surface area contributed by atoms with Crippen molar-refractivity contribution in [3.05, 3.63) is 76.7 Å². The fraction of sp³-hybridized carbons (Fsp3) is 0.438. The summed E-state index contributed by atoms with van der Waals surface area (Å²) in [5.41, 5.74) is 4.73. The summed E-state index contributed by atoms with van der Waals surface area (Å²) >= 11 is 0. The van der Waals surface area contributed by atoms with E-state index < -0.39 is 11.8 Å². The monoisotopic (exact) mass is 533 g/mol. The first-order valence-electron chi connectivity index (χ1n) is 13.4. The average Bonchev–Trinajstić information content (AvgIpc) is 3.63. The average molecular weight is 534 g/mol. The number of methoxy groups -OCH3 is 2. The first-order chi connectivity index (χ1) is 18.6. The molecule has 1 spiro atoms. The lowest BCUT2D eigenvalue weighted by molar-refractivity contribution is -0.139. The standard InChI is InChI=1S/C32H36FNO5/c1-31(2,3)29(38-5)24-13-19(8-11-22(24)23-15-28(37-4)34-17-27(23)33)18-39-21-10-9-20-7-6-12-32(25(20)14-21)16-26(32)30(35)36/h8-11,13-15,17,26,29H,6-7,12,16,18H2,1-5H3,(H,35,36)/t26?,29-,32+/m1/s1. The van der Waals surface area contributed by atoms with E-state index in [1.165, 1.54) is 18.9 Å². The first kappa shape index (κ1) is 27.1. The van der Waals surface area contributed by atoms with Crippen LogP contribution in [0.4, 0.5) is 4.39 Å². The number of carboxylic acids is 1. The molecule has 1 unspecified atom stereocenters. The second-order valence-corrected chi connectivity index (χ2v) is 11.8. The molecule has 3 aromatic rings. The Balaban J connectivity index is 1.46. The normalized spacial score (nSPS) is 20.8. The number of aliphatic carboxylic acids is 1. The summed E-state index contributed by atoms with van der Waals surface area (Å²) in [5, 5.41) is 9.64. The zero-order valence-corrected chi connectivity index (χ0v) is 23.2. The molecule has 1 saturated carbocycles. The number of halogens is 1. The molecular formula is C32H36FNO5. The van der Waals surface area contributed by atoms with E-state index in [9.17, 15) is 14.3 Å². The summed E-state index contributed by atoms with van der Waals surface area (Å²) in [4.78, 5) is 15.7. The SMILES string of the molecule is COc1cc(-c2ccc(COc3ccc4c(c3)[C@]3(CCC4)CC3C(=O)O)cc2[C@@H](OC)C(C)(C)C)c(F)cn1. The van der Waals surface area contributed by atoms with Gasteiger partial charge in [-0.25, -0.2) is 9.37 Å². The molecule has 1 fully saturated rings. The third-order valence-corrected chi connectivity index (χ3v) is 8.22. The minimum Gasteiger partial charge on any atom is -0.489 e. The summed E-state index contributed by atoms with van der Waals surface area (Å²) in [7, 11) is 3.17. The highest BCUT2D eigenvalue weighted by Gasteiger charge is 2.60. The summed E-state index contributed by atoms with van der Waals surface area (Å²) in [6, 6.07) is 13.5. The number of pyridine rings is 1. The molecule has 0 saturated heterocycles. The number of aryl methyl sites for hydroxylation is 1. The Morgan fingerprint density at radius 1 is 1.15 bits per heavy atom. The summed E-state index contributed by atoms with van der Waals surface area (Å²) in [6.07, 6.45) is 4.46. The van der Waals surface area contributed by atoms with E-state index >= 15 is 0 Å². The molecule has 3 atom stereocenters. The van der Waals surface area contributed by atoms with Crippen molar-refractivity contribution in [1.82, 2.24) is 4.98 Å². The minimum atomic E-state index is -0.711. The van der Waals surface area contributed by atoms with Crippen molar-refractivity contribution < 1.29 is 28.5 Å². The first-order valence-corrected chi connectivity index (χ1v) is 13.4. The van der Waals surface area contributed by atoms with E-state index in [1.807, 2.05) is 30.3 Å². The molecule has 206 valence electrons.